The quantitative estimate of drug-likeness (QED) is 0.877. The molecule has 0 saturated carbocycles. The Bertz CT molecular complexity index is 464. The lowest BCUT2D eigenvalue weighted by Crippen LogP contribution is -2.44. The third kappa shape index (κ3) is 5.36. The van der Waals surface area contributed by atoms with Crippen LogP contribution >= 0.6 is 11.8 Å². The minimum Gasteiger partial charge on any atom is -0.354 e. The Balaban J connectivity index is 1.64. The smallest absolute Gasteiger partial charge is 0.230 e. The molecule has 1 aliphatic rings. The summed E-state index contributed by atoms with van der Waals surface area (Å²) in [4.78, 5) is 14.3. The van der Waals surface area contributed by atoms with Crippen LogP contribution in [-0.4, -0.2) is 42.7 Å². The Morgan fingerprint density at radius 1 is 1.38 bits per heavy atom. The molecule has 1 aliphatic heterocycles. The lowest BCUT2D eigenvalue weighted by atomic mass is 10.0. The number of aryl methyl sites for hydroxylation is 1. The summed E-state index contributed by atoms with van der Waals surface area (Å²) >= 11 is 1.69. The summed E-state index contributed by atoms with van der Waals surface area (Å²) in [5.74, 6) is 1.61. The van der Waals surface area contributed by atoms with Crippen LogP contribution in [-0.2, 0) is 10.5 Å². The first-order valence-corrected chi connectivity index (χ1v) is 8.91. The van der Waals surface area contributed by atoms with Gasteiger partial charge in [0.05, 0.1) is 5.75 Å². The zero-order chi connectivity index (χ0) is 15.1. The van der Waals surface area contributed by atoms with Crippen LogP contribution in [0.15, 0.2) is 24.3 Å². The van der Waals surface area contributed by atoms with Crippen LogP contribution < -0.4 is 5.32 Å². The van der Waals surface area contributed by atoms with Crippen molar-refractivity contribution in [3.05, 3.63) is 35.4 Å². The number of benzene rings is 1. The molecule has 0 aromatic heterocycles. The van der Waals surface area contributed by atoms with Crippen molar-refractivity contribution in [3.63, 3.8) is 0 Å². The summed E-state index contributed by atoms with van der Waals surface area (Å²) in [5.41, 5.74) is 2.62. The average molecular weight is 306 g/mol. The van der Waals surface area contributed by atoms with Crippen LogP contribution in [0.25, 0.3) is 0 Å². The molecule has 1 atom stereocenters. The second-order valence-electron chi connectivity index (χ2n) is 5.85. The molecule has 2 rings (SSSR count). The van der Waals surface area contributed by atoms with E-state index in [0.29, 0.717) is 11.8 Å². The number of hydrogen-bond donors (Lipinski definition) is 1. The molecule has 0 unspecified atom stereocenters. The summed E-state index contributed by atoms with van der Waals surface area (Å²) in [6.45, 7) is 4.07. The van der Waals surface area contributed by atoms with E-state index in [1.165, 1.54) is 30.4 Å². The molecule has 21 heavy (non-hydrogen) atoms. The summed E-state index contributed by atoms with van der Waals surface area (Å²) in [6.07, 6.45) is 3.77. The summed E-state index contributed by atoms with van der Waals surface area (Å²) < 4.78 is 0. The van der Waals surface area contributed by atoms with Crippen LogP contribution in [0.5, 0.6) is 0 Å². The highest BCUT2D eigenvalue weighted by atomic mass is 32.2. The Labute approximate surface area is 132 Å². The van der Waals surface area contributed by atoms with E-state index in [1.54, 1.807) is 11.8 Å². The fraction of sp³-hybridized carbons (Fsp3) is 0.588. The number of carbonyl (C=O) groups is 1. The molecule has 1 aromatic rings. The van der Waals surface area contributed by atoms with Crippen LogP contribution in [0.2, 0.25) is 0 Å². The Morgan fingerprint density at radius 2 is 2.19 bits per heavy atom. The van der Waals surface area contributed by atoms with Gasteiger partial charge in [0.1, 0.15) is 0 Å². The average Bonchev–Trinajstić information content (AvgIpc) is 2.48. The van der Waals surface area contributed by atoms with Crippen molar-refractivity contribution in [1.29, 1.82) is 0 Å². The molecule has 1 heterocycles. The van der Waals surface area contributed by atoms with Crippen molar-refractivity contribution in [2.75, 3.05) is 25.9 Å². The summed E-state index contributed by atoms with van der Waals surface area (Å²) in [7, 11) is 2.16. The minimum absolute atomic E-state index is 0.160. The highest BCUT2D eigenvalue weighted by molar-refractivity contribution is 7.99. The lowest BCUT2D eigenvalue weighted by molar-refractivity contribution is -0.118. The second-order valence-corrected chi connectivity index (χ2v) is 6.84. The largest absolute Gasteiger partial charge is 0.354 e. The SMILES string of the molecule is Cc1ccccc1CSCC(=O)NC[C@@H]1CCCCN1C. The number of nitrogens with zero attached hydrogens (tertiary/aromatic N) is 1. The topological polar surface area (TPSA) is 32.3 Å². The number of carbonyl (C=O) groups excluding carboxylic acids is 1. The first kappa shape index (κ1) is 16.4. The van der Waals surface area contributed by atoms with Gasteiger partial charge >= 0.3 is 0 Å². The number of amides is 1. The maximum absolute atomic E-state index is 11.9. The van der Waals surface area contributed by atoms with E-state index in [-0.39, 0.29) is 5.91 Å². The third-order valence-electron chi connectivity index (χ3n) is 4.21. The summed E-state index contributed by atoms with van der Waals surface area (Å²) in [5, 5.41) is 3.08. The monoisotopic (exact) mass is 306 g/mol. The summed E-state index contributed by atoms with van der Waals surface area (Å²) in [6, 6.07) is 8.88. The van der Waals surface area contributed by atoms with Crippen molar-refractivity contribution >= 4 is 17.7 Å². The van der Waals surface area contributed by atoms with E-state index in [9.17, 15) is 4.79 Å². The van der Waals surface area contributed by atoms with Crippen molar-refractivity contribution in [3.8, 4) is 0 Å². The van der Waals surface area contributed by atoms with Crippen molar-refractivity contribution in [2.24, 2.45) is 0 Å². The first-order valence-electron chi connectivity index (χ1n) is 7.76. The Kier molecular flexibility index (Phi) is 6.58. The van der Waals surface area contributed by atoms with E-state index in [2.05, 4.69) is 48.5 Å². The van der Waals surface area contributed by atoms with Gasteiger partial charge in [0.25, 0.3) is 0 Å². The molecule has 1 aromatic carbocycles. The maximum Gasteiger partial charge on any atom is 0.230 e. The number of nitrogens with one attached hydrogen (secondary N) is 1. The molecule has 4 heteroatoms. The van der Waals surface area contributed by atoms with Gasteiger partial charge in [0.15, 0.2) is 0 Å². The van der Waals surface area contributed by atoms with Gasteiger partial charge in [-0.3, -0.25) is 4.79 Å². The fourth-order valence-corrected chi connectivity index (χ4v) is 3.64. The number of piperidine rings is 1. The molecule has 1 saturated heterocycles. The predicted octanol–water partition coefficient (Wildman–Crippen LogP) is 2.83. The molecule has 0 bridgehead atoms. The van der Waals surface area contributed by atoms with Crippen LogP contribution in [0, 0.1) is 6.92 Å². The van der Waals surface area contributed by atoms with Gasteiger partial charge in [0, 0.05) is 18.3 Å². The molecular weight excluding hydrogens is 280 g/mol. The molecular formula is C17H26N2OS. The van der Waals surface area contributed by atoms with Gasteiger partial charge in [-0.05, 0) is 44.5 Å². The highest BCUT2D eigenvalue weighted by Gasteiger charge is 2.19. The molecule has 1 amide bonds. The van der Waals surface area contributed by atoms with Crippen molar-refractivity contribution < 1.29 is 4.79 Å². The van der Waals surface area contributed by atoms with Gasteiger partial charge in [-0.15, -0.1) is 11.8 Å². The Morgan fingerprint density at radius 3 is 2.95 bits per heavy atom. The molecule has 0 spiro atoms. The van der Waals surface area contributed by atoms with Gasteiger partial charge < -0.3 is 10.2 Å². The van der Waals surface area contributed by atoms with Crippen LogP contribution in [0.3, 0.4) is 0 Å². The van der Waals surface area contributed by atoms with Crippen molar-refractivity contribution in [1.82, 2.24) is 10.2 Å². The second kappa shape index (κ2) is 8.44. The maximum atomic E-state index is 11.9. The van der Waals surface area contributed by atoms with Crippen LogP contribution in [0.4, 0.5) is 0 Å². The standard InChI is InChI=1S/C17H26N2OS/c1-14-7-3-4-8-15(14)12-21-13-17(20)18-11-16-9-5-6-10-19(16)2/h3-4,7-8,16H,5-6,9-13H2,1-2H3,(H,18,20)/t16-/m0/s1. The predicted molar refractivity (Wildman–Crippen MR) is 90.6 cm³/mol. The van der Waals surface area contributed by atoms with E-state index >= 15 is 0 Å². The van der Waals surface area contributed by atoms with Gasteiger partial charge in [-0.2, -0.15) is 0 Å². The van der Waals surface area contributed by atoms with Gasteiger partial charge in [-0.1, -0.05) is 30.7 Å². The van der Waals surface area contributed by atoms with Crippen LogP contribution in [0.1, 0.15) is 30.4 Å². The highest BCUT2D eigenvalue weighted by Crippen LogP contribution is 2.16. The van der Waals surface area contributed by atoms with E-state index in [0.717, 1.165) is 18.8 Å². The normalized spacial score (nSPS) is 19.4. The minimum atomic E-state index is 0.160. The molecule has 0 aliphatic carbocycles. The molecule has 0 radical (unpaired) electrons. The lowest BCUT2D eigenvalue weighted by Gasteiger charge is -2.32. The molecule has 116 valence electrons. The fourth-order valence-electron chi connectivity index (χ4n) is 2.71. The number of thioether (sulfide) groups is 1. The zero-order valence-corrected chi connectivity index (χ0v) is 13.9. The Hall–Kier alpha value is -1.00. The number of likely N-dealkylation sites (N-methyl/N-ethyl adjacent to an activating group) is 1. The van der Waals surface area contributed by atoms with E-state index in [4.69, 9.17) is 0 Å². The zero-order valence-electron chi connectivity index (χ0n) is 13.1. The van der Waals surface area contributed by atoms with E-state index < -0.39 is 0 Å². The van der Waals surface area contributed by atoms with Gasteiger partial charge in [-0.25, -0.2) is 0 Å². The van der Waals surface area contributed by atoms with E-state index in [1.807, 2.05) is 0 Å². The number of rotatable bonds is 6. The molecule has 1 N–H and O–H groups in total. The molecule has 3 nitrogen and oxygen atoms in total. The third-order valence-corrected chi connectivity index (χ3v) is 5.19. The number of hydrogen-bond acceptors (Lipinski definition) is 3. The van der Waals surface area contributed by atoms with Gasteiger partial charge in [0.2, 0.25) is 5.91 Å². The number of likely N-dealkylation sites (tertiary alicyclic amines) is 1. The molecule has 1 fully saturated rings. The first-order chi connectivity index (χ1) is 10.2. The van der Waals surface area contributed by atoms with Crippen molar-refractivity contribution in [2.45, 2.75) is 38.0 Å².